The third-order valence-corrected chi connectivity index (χ3v) is 3.29. The maximum atomic E-state index is 12.0. The molecule has 7 heteroatoms. The Morgan fingerprint density at radius 3 is 2.77 bits per heavy atom. The number of aromatic nitrogens is 2. The van der Waals surface area contributed by atoms with Crippen LogP contribution in [-0.4, -0.2) is 22.4 Å². The summed E-state index contributed by atoms with van der Waals surface area (Å²) in [4.78, 5) is 12.0. The van der Waals surface area contributed by atoms with E-state index >= 15 is 0 Å². The topological polar surface area (TPSA) is 76.9 Å². The van der Waals surface area contributed by atoms with Gasteiger partial charge in [-0.25, -0.2) is 9.31 Å². The summed E-state index contributed by atoms with van der Waals surface area (Å²) in [5, 5.41) is 9.63. The van der Waals surface area contributed by atoms with Gasteiger partial charge in [0.25, 0.3) is 0 Å². The van der Waals surface area contributed by atoms with Crippen molar-refractivity contribution < 1.29 is 14.3 Å². The quantitative estimate of drug-likeness (QED) is 0.762. The van der Waals surface area contributed by atoms with Crippen molar-refractivity contribution in [1.82, 2.24) is 9.61 Å². The van der Waals surface area contributed by atoms with E-state index in [2.05, 4.69) is 15.7 Å². The van der Waals surface area contributed by atoms with Crippen LogP contribution in [-0.2, 0) is 0 Å². The van der Waals surface area contributed by atoms with Gasteiger partial charge < -0.3 is 20.1 Å². The highest BCUT2D eigenvalue weighted by molar-refractivity contribution is 6.00. The van der Waals surface area contributed by atoms with Gasteiger partial charge in [-0.1, -0.05) is 0 Å². The third kappa shape index (κ3) is 2.28. The first-order valence-corrected chi connectivity index (χ1v) is 6.69. The van der Waals surface area contributed by atoms with Gasteiger partial charge in [0.2, 0.25) is 6.79 Å². The van der Waals surface area contributed by atoms with Gasteiger partial charge in [-0.15, -0.1) is 0 Å². The van der Waals surface area contributed by atoms with Gasteiger partial charge in [0, 0.05) is 29.8 Å². The largest absolute Gasteiger partial charge is 0.454 e. The van der Waals surface area contributed by atoms with E-state index in [1.165, 1.54) is 0 Å². The number of hydrogen-bond acceptors (Lipinski definition) is 4. The molecule has 3 heterocycles. The number of benzene rings is 1. The van der Waals surface area contributed by atoms with E-state index in [1.54, 1.807) is 41.2 Å². The Bertz CT molecular complexity index is 859. The first kappa shape index (κ1) is 12.5. The van der Waals surface area contributed by atoms with Crippen molar-refractivity contribution in [3.63, 3.8) is 0 Å². The molecule has 0 fully saturated rings. The van der Waals surface area contributed by atoms with Crippen molar-refractivity contribution in [1.29, 1.82) is 0 Å². The molecular formula is C15H12N4O3. The molecule has 1 aliphatic rings. The van der Waals surface area contributed by atoms with Gasteiger partial charge in [0.05, 0.1) is 5.52 Å². The molecule has 0 radical (unpaired) electrons. The van der Waals surface area contributed by atoms with E-state index in [1.807, 2.05) is 12.1 Å². The molecule has 0 unspecified atom stereocenters. The van der Waals surface area contributed by atoms with Crippen molar-refractivity contribution in [2.75, 3.05) is 17.4 Å². The van der Waals surface area contributed by atoms with E-state index in [-0.39, 0.29) is 12.8 Å². The van der Waals surface area contributed by atoms with Crippen LogP contribution in [0.4, 0.5) is 16.2 Å². The van der Waals surface area contributed by atoms with Gasteiger partial charge in [-0.3, -0.25) is 0 Å². The zero-order valence-corrected chi connectivity index (χ0v) is 11.4. The zero-order valence-electron chi connectivity index (χ0n) is 11.4. The molecule has 0 bridgehead atoms. The van der Waals surface area contributed by atoms with Crippen LogP contribution in [0.3, 0.4) is 0 Å². The Hall–Kier alpha value is -3.22. The summed E-state index contributed by atoms with van der Waals surface area (Å²) in [7, 11) is 0. The molecule has 0 spiro atoms. The highest BCUT2D eigenvalue weighted by Crippen LogP contribution is 2.34. The molecule has 1 aliphatic heterocycles. The number of urea groups is 1. The van der Waals surface area contributed by atoms with Crippen LogP contribution in [0, 0.1) is 0 Å². The van der Waals surface area contributed by atoms with Crippen molar-refractivity contribution in [2.45, 2.75) is 0 Å². The van der Waals surface area contributed by atoms with E-state index in [4.69, 9.17) is 9.47 Å². The molecule has 0 aliphatic carbocycles. The summed E-state index contributed by atoms with van der Waals surface area (Å²) in [6.07, 6.45) is 3.48. The Labute approximate surface area is 125 Å². The predicted octanol–water partition coefficient (Wildman–Crippen LogP) is 2.71. The zero-order chi connectivity index (χ0) is 14.9. The van der Waals surface area contributed by atoms with Crippen molar-refractivity contribution in [3.8, 4) is 11.5 Å². The smallest absolute Gasteiger partial charge is 0.323 e. The minimum absolute atomic E-state index is 0.205. The van der Waals surface area contributed by atoms with Gasteiger partial charge >= 0.3 is 6.03 Å². The number of hydrogen-bond donors (Lipinski definition) is 2. The number of rotatable bonds is 2. The number of nitrogens with zero attached hydrogens (tertiary/aromatic N) is 2. The number of anilines is 2. The number of pyridine rings is 1. The van der Waals surface area contributed by atoms with Crippen LogP contribution in [0.2, 0.25) is 0 Å². The second-order valence-corrected chi connectivity index (χ2v) is 4.76. The number of carbonyl (C=O) groups excluding carboxylic acids is 1. The molecule has 7 nitrogen and oxygen atoms in total. The second kappa shape index (κ2) is 4.96. The van der Waals surface area contributed by atoms with Gasteiger partial charge in [0.15, 0.2) is 11.5 Å². The molecule has 3 aromatic rings. The highest BCUT2D eigenvalue weighted by atomic mass is 16.7. The van der Waals surface area contributed by atoms with E-state index in [0.717, 1.165) is 5.52 Å². The Morgan fingerprint density at radius 2 is 1.86 bits per heavy atom. The molecule has 4 rings (SSSR count). The molecule has 2 amide bonds. The fraction of sp³-hybridized carbons (Fsp3) is 0.0667. The summed E-state index contributed by atoms with van der Waals surface area (Å²) in [6.45, 7) is 0.205. The van der Waals surface area contributed by atoms with Gasteiger partial charge in [0.1, 0.15) is 0 Å². The van der Waals surface area contributed by atoms with Crippen molar-refractivity contribution in [2.24, 2.45) is 0 Å². The predicted molar refractivity (Wildman–Crippen MR) is 80.4 cm³/mol. The van der Waals surface area contributed by atoms with Crippen LogP contribution >= 0.6 is 0 Å². The molecule has 0 atom stereocenters. The van der Waals surface area contributed by atoms with Gasteiger partial charge in [-0.05, 0) is 30.3 Å². The van der Waals surface area contributed by atoms with Crippen LogP contribution in [0.1, 0.15) is 0 Å². The minimum Gasteiger partial charge on any atom is -0.454 e. The normalized spacial score (nSPS) is 12.4. The molecule has 110 valence electrons. The monoisotopic (exact) mass is 296 g/mol. The Kier molecular flexibility index (Phi) is 2.82. The summed E-state index contributed by atoms with van der Waals surface area (Å²) >= 11 is 0. The van der Waals surface area contributed by atoms with Crippen LogP contribution < -0.4 is 20.1 Å². The first-order valence-electron chi connectivity index (χ1n) is 6.69. The molecule has 2 aromatic heterocycles. The SMILES string of the molecule is O=C(Nc1ccc2c(c1)OCO2)Nc1ccn2nccc2c1. The molecule has 1 aromatic carbocycles. The van der Waals surface area contributed by atoms with Crippen molar-refractivity contribution in [3.05, 3.63) is 48.8 Å². The molecule has 2 N–H and O–H groups in total. The molecule has 0 saturated heterocycles. The third-order valence-electron chi connectivity index (χ3n) is 3.29. The summed E-state index contributed by atoms with van der Waals surface area (Å²) < 4.78 is 12.2. The number of amides is 2. The average Bonchev–Trinajstić information content (AvgIpc) is 3.14. The molecular weight excluding hydrogens is 284 g/mol. The molecule has 0 saturated carbocycles. The lowest BCUT2D eigenvalue weighted by Crippen LogP contribution is -2.19. The number of fused-ring (bicyclic) bond motifs is 2. The lowest BCUT2D eigenvalue weighted by atomic mass is 10.3. The van der Waals surface area contributed by atoms with E-state index in [9.17, 15) is 4.79 Å². The Morgan fingerprint density at radius 1 is 1.05 bits per heavy atom. The standard InChI is InChI=1S/C15H12N4O3/c20-15(17-10-1-2-13-14(8-10)22-9-21-13)18-11-4-6-19-12(7-11)3-5-16-19/h1-8H,9H2,(H2,17,18,20). The number of carbonyl (C=O) groups is 1. The van der Waals surface area contributed by atoms with Gasteiger partial charge in [-0.2, -0.15) is 5.10 Å². The Balaban J connectivity index is 1.47. The van der Waals surface area contributed by atoms with E-state index in [0.29, 0.717) is 22.9 Å². The lowest BCUT2D eigenvalue weighted by molar-refractivity contribution is 0.174. The van der Waals surface area contributed by atoms with Crippen LogP contribution in [0.25, 0.3) is 5.52 Å². The number of nitrogens with one attached hydrogen (secondary N) is 2. The average molecular weight is 296 g/mol. The van der Waals surface area contributed by atoms with Crippen LogP contribution in [0.5, 0.6) is 11.5 Å². The highest BCUT2D eigenvalue weighted by Gasteiger charge is 2.14. The summed E-state index contributed by atoms with van der Waals surface area (Å²) in [5.41, 5.74) is 2.22. The summed E-state index contributed by atoms with van der Waals surface area (Å²) in [5.74, 6) is 1.30. The summed E-state index contributed by atoms with van der Waals surface area (Å²) in [6, 6.07) is 10.4. The maximum Gasteiger partial charge on any atom is 0.323 e. The first-order chi connectivity index (χ1) is 10.8. The van der Waals surface area contributed by atoms with Crippen molar-refractivity contribution >= 4 is 22.9 Å². The minimum atomic E-state index is -0.331. The fourth-order valence-corrected chi connectivity index (χ4v) is 2.27. The van der Waals surface area contributed by atoms with Crippen LogP contribution in [0.15, 0.2) is 48.8 Å². The fourth-order valence-electron chi connectivity index (χ4n) is 2.27. The second-order valence-electron chi connectivity index (χ2n) is 4.76. The van der Waals surface area contributed by atoms with E-state index < -0.39 is 0 Å². The maximum absolute atomic E-state index is 12.0. The number of ether oxygens (including phenoxy) is 2. The molecule has 22 heavy (non-hydrogen) atoms. The lowest BCUT2D eigenvalue weighted by Gasteiger charge is -2.08.